The fourth-order valence-corrected chi connectivity index (χ4v) is 5.05. The molecule has 1 amide bonds. The lowest BCUT2D eigenvalue weighted by atomic mass is 10.1. The van der Waals surface area contributed by atoms with Gasteiger partial charge in [0.15, 0.2) is 22.5 Å². The first-order valence-corrected chi connectivity index (χ1v) is 12.5. The highest BCUT2D eigenvalue weighted by Gasteiger charge is 2.24. The summed E-state index contributed by atoms with van der Waals surface area (Å²) in [6.45, 7) is 1.99. The number of carbonyl (C=O) groups is 1. The van der Waals surface area contributed by atoms with E-state index in [1.165, 1.54) is 11.8 Å². The Hall–Kier alpha value is -3.20. The molecule has 3 aromatic carbocycles. The number of aromatic nitrogens is 3. The van der Waals surface area contributed by atoms with Crippen LogP contribution in [0.2, 0.25) is 10.0 Å². The number of carbonyl (C=O) groups excluding carboxylic acids is 1. The summed E-state index contributed by atoms with van der Waals surface area (Å²) >= 11 is 14.2. The Balaban J connectivity index is 1.44. The van der Waals surface area contributed by atoms with E-state index in [9.17, 15) is 4.79 Å². The summed E-state index contributed by atoms with van der Waals surface area (Å²) < 4.78 is 12.6. The van der Waals surface area contributed by atoms with Crippen molar-refractivity contribution < 1.29 is 14.3 Å². The standard InChI is InChI=1S/C25H20Cl2N4O3S/c1-15(28-24(32)17-7-10-21-22(11-17)34-14-33-21)23-29-30-25(35-13-16-5-3-2-4-6-16)31(23)20-9-8-18(26)12-19(20)27/h2-12,15H,13-14H2,1H3,(H,28,32). The van der Waals surface area contributed by atoms with E-state index < -0.39 is 6.04 Å². The Morgan fingerprint density at radius 3 is 2.66 bits per heavy atom. The second-order valence-electron chi connectivity index (χ2n) is 7.81. The molecule has 1 aliphatic rings. The largest absolute Gasteiger partial charge is 0.454 e. The van der Waals surface area contributed by atoms with Gasteiger partial charge in [-0.05, 0) is 48.9 Å². The van der Waals surface area contributed by atoms with Crippen molar-refractivity contribution >= 4 is 40.9 Å². The molecule has 0 saturated carbocycles. The first kappa shape index (κ1) is 23.5. The van der Waals surface area contributed by atoms with Gasteiger partial charge in [-0.15, -0.1) is 10.2 Å². The minimum atomic E-state index is -0.474. The summed E-state index contributed by atoms with van der Waals surface area (Å²) in [6, 6.07) is 19.9. The molecule has 7 nitrogen and oxygen atoms in total. The number of halogens is 2. The van der Waals surface area contributed by atoms with Crippen LogP contribution < -0.4 is 14.8 Å². The number of benzene rings is 3. The fraction of sp³-hybridized carbons (Fsp3) is 0.160. The minimum Gasteiger partial charge on any atom is -0.454 e. The quantitative estimate of drug-likeness (QED) is 0.293. The van der Waals surface area contributed by atoms with Crippen molar-refractivity contribution in [2.75, 3.05) is 6.79 Å². The van der Waals surface area contributed by atoms with Crippen molar-refractivity contribution in [1.29, 1.82) is 0 Å². The summed E-state index contributed by atoms with van der Waals surface area (Å²) in [5.74, 6) is 2.13. The van der Waals surface area contributed by atoms with Crippen LogP contribution in [-0.4, -0.2) is 27.5 Å². The normalized spacial score (nSPS) is 13.0. The predicted octanol–water partition coefficient (Wildman–Crippen LogP) is 6.09. The Morgan fingerprint density at radius 1 is 1.06 bits per heavy atom. The second kappa shape index (κ2) is 10.2. The topological polar surface area (TPSA) is 78.3 Å². The summed E-state index contributed by atoms with van der Waals surface area (Å²) in [7, 11) is 0. The Labute approximate surface area is 216 Å². The van der Waals surface area contributed by atoms with Crippen LogP contribution in [0, 0.1) is 0 Å². The Bertz CT molecular complexity index is 1380. The molecule has 2 heterocycles. The van der Waals surface area contributed by atoms with Crippen molar-refractivity contribution in [3.63, 3.8) is 0 Å². The molecule has 0 aliphatic carbocycles. The third kappa shape index (κ3) is 5.10. The highest BCUT2D eigenvalue weighted by atomic mass is 35.5. The average Bonchev–Trinajstić information content (AvgIpc) is 3.50. The van der Waals surface area contributed by atoms with E-state index in [1.807, 2.05) is 35.8 Å². The third-order valence-corrected chi connectivity index (χ3v) is 6.93. The fourth-order valence-electron chi connectivity index (χ4n) is 3.65. The van der Waals surface area contributed by atoms with Crippen LogP contribution in [0.1, 0.15) is 34.7 Å². The molecule has 1 atom stereocenters. The Kier molecular flexibility index (Phi) is 6.86. The summed E-state index contributed by atoms with van der Waals surface area (Å²) in [4.78, 5) is 13.0. The Morgan fingerprint density at radius 2 is 1.86 bits per heavy atom. The molecule has 1 N–H and O–H groups in total. The van der Waals surface area contributed by atoms with Crippen molar-refractivity contribution in [3.05, 3.63) is 93.7 Å². The van der Waals surface area contributed by atoms with Crippen LogP contribution >= 0.6 is 35.0 Å². The lowest BCUT2D eigenvalue weighted by Crippen LogP contribution is -2.28. The van der Waals surface area contributed by atoms with Crippen LogP contribution in [0.5, 0.6) is 11.5 Å². The molecule has 1 unspecified atom stereocenters. The van der Waals surface area contributed by atoms with Gasteiger partial charge < -0.3 is 14.8 Å². The zero-order chi connectivity index (χ0) is 24.4. The zero-order valence-electron chi connectivity index (χ0n) is 18.6. The van der Waals surface area contributed by atoms with Gasteiger partial charge in [0.2, 0.25) is 6.79 Å². The summed E-state index contributed by atoms with van der Waals surface area (Å²) in [5.41, 5.74) is 2.28. The molecule has 0 fully saturated rings. The van der Waals surface area contributed by atoms with Gasteiger partial charge in [-0.2, -0.15) is 0 Å². The summed E-state index contributed by atoms with van der Waals surface area (Å²) in [5, 5.41) is 13.5. The number of fused-ring (bicyclic) bond motifs is 1. The molecule has 5 rings (SSSR count). The maximum Gasteiger partial charge on any atom is 0.252 e. The van der Waals surface area contributed by atoms with Gasteiger partial charge in [0.1, 0.15) is 0 Å². The van der Waals surface area contributed by atoms with E-state index in [2.05, 4.69) is 27.6 Å². The molecule has 0 bridgehead atoms. The number of thioether (sulfide) groups is 1. The average molecular weight is 527 g/mol. The van der Waals surface area contributed by atoms with E-state index in [0.717, 1.165) is 5.56 Å². The van der Waals surface area contributed by atoms with Crippen molar-refractivity contribution in [1.82, 2.24) is 20.1 Å². The second-order valence-corrected chi connectivity index (χ2v) is 9.60. The third-order valence-electron chi connectivity index (χ3n) is 5.39. The van der Waals surface area contributed by atoms with Gasteiger partial charge >= 0.3 is 0 Å². The van der Waals surface area contributed by atoms with E-state index in [0.29, 0.717) is 49.5 Å². The number of ether oxygens (including phenoxy) is 2. The van der Waals surface area contributed by atoms with Gasteiger partial charge in [0.25, 0.3) is 5.91 Å². The minimum absolute atomic E-state index is 0.144. The molecule has 1 aliphatic heterocycles. The number of nitrogens with zero attached hydrogens (tertiary/aromatic N) is 3. The summed E-state index contributed by atoms with van der Waals surface area (Å²) in [6.07, 6.45) is 0. The first-order chi connectivity index (χ1) is 17.0. The van der Waals surface area contributed by atoms with Crippen LogP contribution in [0.15, 0.2) is 71.9 Å². The highest BCUT2D eigenvalue weighted by molar-refractivity contribution is 7.98. The number of hydrogen-bond donors (Lipinski definition) is 1. The number of amides is 1. The molecule has 0 spiro atoms. The van der Waals surface area contributed by atoms with Crippen molar-refractivity contribution in [2.24, 2.45) is 0 Å². The number of nitrogens with one attached hydrogen (secondary N) is 1. The number of rotatable bonds is 7. The van der Waals surface area contributed by atoms with Crippen LogP contribution in [0.3, 0.4) is 0 Å². The first-order valence-electron chi connectivity index (χ1n) is 10.8. The van der Waals surface area contributed by atoms with Crippen molar-refractivity contribution in [3.8, 4) is 17.2 Å². The molecular formula is C25H20Cl2N4O3S. The molecule has 10 heteroatoms. The number of hydrogen-bond acceptors (Lipinski definition) is 6. The van der Waals surface area contributed by atoms with Gasteiger partial charge in [-0.25, -0.2) is 0 Å². The zero-order valence-corrected chi connectivity index (χ0v) is 20.9. The van der Waals surface area contributed by atoms with Gasteiger partial charge in [-0.1, -0.05) is 65.3 Å². The van der Waals surface area contributed by atoms with Gasteiger partial charge in [-0.3, -0.25) is 9.36 Å². The molecule has 178 valence electrons. The molecule has 35 heavy (non-hydrogen) atoms. The molecule has 4 aromatic rings. The highest BCUT2D eigenvalue weighted by Crippen LogP contribution is 2.34. The van der Waals surface area contributed by atoms with Gasteiger partial charge in [0, 0.05) is 16.3 Å². The predicted molar refractivity (Wildman–Crippen MR) is 136 cm³/mol. The van der Waals surface area contributed by atoms with E-state index in [-0.39, 0.29) is 12.7 Å². The van der Waals surface area contributed by atoms with E-state index in [4.69, 9.17) is 32.7 Å². The molecule has 0 saturated heterocycles. The lowest BCUT2D eigenvalue weighted by Gasteiger charge is -2.17. The SMILES string of the molecule is CC(NC(=O)c1ccc2c(c1)OCO2)c1nnc(SCc2ccccc2)n1-c1ccc(Cl)cc1Cl. The van der Waals surface area contributed by atoms with Gasteiger partial charge in [0.05, 0.1) is 16.8 Å². The smallest absolute Gasteiger partial charge is 0.252 e. The molecule has 0 radical (unpaired) electrons. The maximum absolute atomic E-state index is 13.0. The molecular weight excluding hydrogens is 507 g/mol. The lowest BCUT2D eigenvalue weighted by molar-refractivity contribution is 0.0937. The molecule has 1 aromatic heterocycles. The van der Waals surface area contributed by atoms with Crippen molar-refractivity contribution in [2.45, 2.75) is 23.9 Å². The van der Waals surface area contributed by atoms with E-state index in [1.54, 1.807) is 30.3 Å². The van der Waals surface area contributed by atoms with E-state index >= 15 is 0 Å². The monoisotopic (exact) mass is 526 g/mol. The van der Waals surface area contributed by atoms with Crippen LogP contribution in [-0.2, 0) is 5.75 Å². The maximum atomic E-state index is 13.0. The van der Waals surface area contributed by atoms with Crippen LogP contribution in [0.4, 0.5) is 0 Å². The van der Waals surface area contributed by atoms with Crippen LogP contribution in [0.25, 0.3) is 5.69 Å².